The number of benzene rings is 1. The first-order valence-corrected chi connectivity index (χ1v) is 8.55. The summed E-state index contributed by atoms with van der Waals surface area (Å²) in [6.45, 7) is 1.10. The lowest BCUT2D eigenvalue weighted by Crippen LogP contribution is -2.29. The van der Waals surface area contributed by atoms with E-state index in [9.17, 15) is 9.18 Å². The predicted octanol–water partition coefficient (Wildman–Crippen LogP) is 3.04. The Morgan fingerprint density at radius 1 is 1.36 bits per heavy atom. The van der Waals surface area contributed by atoms with Gasteiger partial charge in [0.25, 0.3) is 0 Å². The number of rotatable bonds is 6. The molecule has 0 atom stereocenters. The summed E-state index contributed by atoms with van der Waals surface area (Å²) in [4.78, 5) is 11.5. The number of carbonyl (C=O) groups is 1. The lowest BCUT2D eigenvalue weighted by atomic mass is 10.2. The summed E-state index contributed by atoms with van der Waals surface area (Å²) in [5, 5.41) is 15.1. The summed E-state index contributed by atoms with van der Waals surface area (Å²) in [7, 11) is 0. The highest BCUT2D eigenvalue weighted by Gasteiger charge is 2.28. The Morgan fingerprint density at radius 3 is 2.95 bits per heavy atom. The molecule has 22 heavy (non-hydrogen) atoms. The van der Waals surface area contributed by atoms with Crippen molar-refractivity contribution in [1.82, 2.24) is 15.5 Å². The summed E-state index contributed by atoms with van der Waals surface area (Å²) in [6, 6.07) is 4.71. The molecule has 3 rings (SSSR count). The van der Waals surface area contributed by atoms with E-state index in [0.29, 0.717) is 28.8 Å². The van der Waals surface area contributed by atoms with Gasteiger partial charge in [-0.3, -0.25) is 4.79 Å². The molecule has 0 saturated heterocycles. The van der Waals surface area contributed by atoms with Gasteiger partial charge in [0.2, 0.25) is 11.0 Å². The van der Waals surface area contributed by atoms with E-state index in [4.69, 9.17) is 0 Å². The molecule has 0 spiro atoms. The molecule has 2 aromatic rings. The van der Waals surface area contributed by atoms with Crippen molar-refractivity contribution in [2.45, 2.75) is 12.8 Å². The normalized spacial score (nSPS) is 13.9. The van der Waals surface area contributed by atoms with Gasteiger partial charge in [0.05, 0.1) is 0 Å². The van der Waals surface area contributed by atoms with E-state index in [1.54, 1.807) is 12.1 Å². The number of hydrogen-bond acceptors (Lipinski definition) is 5. The Bertz CT molecular complexity index is 689. The van der Waals surface area contributed by atoms with Gasteiger partial charge in [0.15, 0.2) is 5.01 Å². The third-order valence-electron chi connectivity index (χ3n) is 3.23. The molecule has 0 radical (unpaired) electrons. The van der Waals surface area contributed by atoms with Gasteiger partial charge in [-0.15, -0.1) is 10.2 Å². The van der Waals surface area contributed by atoms with Crippen LogP contribution in [0.3, 0.4) is 0 Å². The van der Waals surface area contributed by atoms with E-state index in [0.717, 1.165) is 17.3 Å². The van der Waals surface area contributed by atoms with Crippen LogP contribution in [0.4, 0.5) is 9.52 Å². The van der Waals surface area contributed by atoms with Crippen LogP contribution in [0.15, 0.2) is 22.7 Å². The first-order valence-electron chi connectivity index (χ1n) is 6.94. The lowest BCUT2D eigenvalue weighted by Gasteiger charge is -2.04. The number of hydrogen-bond donors (Lipinski definition) is 2. The van der Waals surface area contributed by atoms with Gasteiger partial charge in [-0.05, 0) is 31.0 Å². The lowest BCUT2D eigenvalue weighted by molar-refractivity contribution is -0.122. The highest BCUT2D eigenvalue weighted by Crippen LogP contribution is 2.30. The van der Waals surface area contributed by atoms with Gasteiger partial charge in [-0.1, -0.05) is 27.3 Å². The molecule has 2 N–H and O–H groups in total. The van der Waals surface area contributed by atoms with Crippen molar-refractivity contribution in [2.75, 3.05) is 18.4 Å². The fourth-order valence-corrected chi connectivity index (χ4v) is 3.06. The van der Waals surface area contributed by atoms with Gasteiger partial charge in [0.1, 0.15) is 5.82 Å². The van der Waals surface area contributed by atoms with Crippen LogP contribution >= 0.6 is 27.3 Å². The summed E-state index contributed by atoms with van der Waals surface area (Å²) in [6.07, 6.45) is 1.99. The van der Waals surface area contributed by atoms with Crippen LogP contribution in [0.2, 0.25) is 0 Å². The average Bonchev–Trinajstić information content (AvgIpc) is 3.25. The van der Waals surface area contributed by atoms with E-state index < -0.39 is 0 Å². The van der Waals surface area contributed by atoms with Crippen LogP contribution in [0, 0.1) is 11.7 Å². The number of amides is 1. The maximum atomic E-state index is 13.8. The van der Waals surface area contributed by atoms with Crippen molar-refractivity contribution in [1.29, 1.82) is 0 Å². The standard InChI is InChI=1S/C14H14BrFN4OS/c15-9-3-4-11(16)10(7-9)13-19-20-14(22-13)18-6-5-17-12(21)8-1-2-8/h3-4,7-8H,1-2,5-6H2,(H,17,21)(H,18,20). The van der Waals surface area contributed by atoms with Crippen molar-refractivity contribution in [3.63, 3.8) is 0 Å². The van der Waals surface area contributed by atoms with Crippen LogP contribution in [0.1, 0.15) is 12.8 Å². The third kappa shape index (κ3) is 3.80. The largest absolute Gasteiger partial charge is 0.358 e. The summed E-state index contributed by atoms with van der Waals surface area (Å²) >= 11 is 4.60. The number of nitrogens with zero attached hydrogens (tertiary/aromatic N) is 2. The highest BCUT2D eigenvalue weighted by molar-refractivity contribution is 9.10. The molecule has 1 amide bonds. The first-order chi connectivity index (χ1) is 10.6. The van der Waals surface area contributed by atoms with Crippen LogP contribution in [-0.4, -0.2) is 29.2 Å². The molecule has 1 aromatic heterocycles. The Morgan fingerprint density at radius 2 is 2.18 bits per heavy atom. The zero-order valence-corrected chi connectivity index (χ0v) is 14.0. The molecule has 116 valence electrons. The number of nitrogens with one attached hydrogen (secondary N) is 2. The Labute approximate surface area is 139 Å². The van der Waals surface area contributed by atoms with Crippen molar-refractivity contribution >= 4 is 38.3 Å². The van der Waals surface area contributed by atoms with E-state index in [1.807, 2.05) is 0 Å². The maximum absolute atomic E-state index is 13.8. The van der Waals surface area contributed by atoms with Crippen LogP contribution in [-0.2, 0) is 4.79 Å². The molecular weight excluding hydrogens is 371 g/mol. The molecule has 1 heterocycles. The molecule has 1 saturated carbocycles. The van der Waals surface area contributed by atoms with Crippen LogP contribution in [0.5, 0.6) is 0 Å². The molecule has 0 aliphatic heterocycles. The van der Waals surface area contributed by atoms with Crippen LogP contribution in [0.25, 0.3) is 10.6 Å². The van der Waals surface area contributed by atoms with Gasteiger partial charge in [-0.25, -0.2) is 4.39 Å². The second-order valence-electron chi connectivity index (χ2n) is 5.03. The Balaban J connectivity index is 1.54. The Kier molecular flexibility index (Phi) is 4.68. The third-order valence-corrected chi connectivity index (χ3v) is 4.64. The second-order valence-corrected chi connectivity index (χ2v) is 6.92. The fourth-order valence-electron chi connectivity index (χ4n) is 1.91. The molecule has 1 fully saturated rings. The topological polar surface area (TPSA) is 66.9 Å². The number of anilines is 1. The molecule has 1 aliphatic rings. The second kappa shape index (κ2) is 6.70. The number of carbonyl (C=O) groups excluding carboxylic acids is 1. The zero-order valence-electron chi connectivity index (χ0n) is 11.6. The number of aromatic nitrogens is 2. The molecule has 1 aromatic carbocycles. The maximum Gasteiger partial charge on any atom is 0.223 e. The van der Waals surface area contributed by atoms with Gasteiger partial charge in [0, 0.05) is 29.0 Å². The van der Waals surface area contributed by atoms with Crippen molar-refractivity contribution in [3.8, 4) is 10.6 Å². The smallest absolute Gasteiger partial charge is 0.223 e. The minimum Gasteiger partial charge on any atom is -0.358 e. The summed E-state index contributed by atoms with van der Waals surface area (Å²) < 4.78 is 14.6. The van der Waals surface area contributed by atoms with E-state index in [-0.39, 0.29) is 17.6 Å². The quantitative estimate of drug-likeness (QED) is 0.751. The number of halogens is 2. The molecule has 0 bridgehead atoms. The minimum atomic E-state index is -0.331. The van der Waals surface area contributed by atoms with E-state index in [2.05, 4.69) is 36.8 Å². The Hall–Kier alpha value is -1.54. The van der Waals surface area contributed by atoms with Gasteiger partial charge < -0.3 is 10.6 Å². The molecule has 8 heteroatoms. The minimum absolute atomic E-state index is 0.121. The molecule has 1 aliphatic carbocycles. The zero-order chi connectivity index (χ0) is 15.5. The van der Waals surface area contributed by atoms with Crippen molar-refractivity contribution in [2.24, 2.45) is 5.92 Å². The highest BCUT2D eigenvalue weighted by atomic mass is 79.9. The van der Waals surface area contributed by atoms with Crippen LogP contribution < -0.4 is 10.6 Å². The molecular formula is C14H14BrFN4OS. The van der Waals surface area contributed by atoms with Crippen molar-refractivity contribution < 1.29 is 9.18 Å². The fraction of sp³-hybridized carbons (Fsp3) is 0.357. The monoisotopic (exact) mass is 384 g/mol. The van der Waals surface area contributed by atoms with E-state index in [1.165, 1.54) is 17.4 Å². The average molecular weight is 385 g/mol. The summed E-state index contributed by atoms with van der Waals surface area (Å²) in [5.74, 6) is 0.00573. The van der Waals surface area contributed by atoms with Crippen molar-refractivity contribution in [3.05, 3.63) is 28.5 Å². The molecule has 5 nitrogen and oxygen atoms in total. The summed E-state index contributed by atoms with van der Waals surface area (Å²) in [5.41, 5.74) is 0.418. The molecule has 0 unspecified atom stereocenters. The van der Waals surface area contributed by atoms with E-state index >= 15 is 0 Å². The first kappa shape index (κ1) is 15.4. The predicted molar refractivity (Wildman–Crippen MR) is 87.2 cm³/mol. The SMILES string of the molecule is O=C(NCCNc1nnc(-c2cc(Br)ccc2F)s1)C1CC1. The van der Waals surface area contributed by atoms with Gasteiger partial charge >= 0.3 is 0 Å². The van der Waals surface area contributed by atoms with Gasteiger partial charge in [-0.2, -0.15) is 0 Å².